The van der Waals surface area contributed by atoms with E-state index in [0.717, 1.165) is 6.21 Å². The van der Waals surface area contributed by atoms with Crippen molar-refractivity contribution in [1.29, 1.82) is 0 Å². The summed E-state index contributed by atoms with van der Waals surface area (Å²) in [6.45, 7) is -1.22. The largest absolute Gasteiger partial charge is 0.434 e. The quantitative estimate of drug-likeness (QED) is 0.623. The van der Waals surface area contributed by atoms with Crippen molar-refractivity contribution >= 4 is 18.2 Å². The molecule has 0 aromatic heterocycles. The number of halogens is 2. The van der Waals surface area contributed by atoms with E-state index in [1.807, 2.05) is 6.07 Å². The zero-order valence-electron chi connectivity index (χ0n) is 14.4. The molecule has 1 atom stereocenters. The molecule has 2 aromatic rings. The number of carbonyl (C=O) groups excluding carboxylic acids is 2. The third-order valence-corrected chi connectivity index (χ3v) is 4.31. The molecular formula is C19H17F2N3O3. The van der Waals surface area contributed by atoms with Gasteiger partial charge in [0.25, 0.3) is 5.91 Å². The van der Waals surface area contributed by atoms with Crippen LogP contribution < -0.4 is 10.1 Å². The second-order valence-electron chi connectivity index (χ2n) is 5.83. The molecule has 2 aromatic carbocycles. The summed E-state index contributed by atoms with van der Waals surface area (Å²) in [5.74, 6) is -0.641. The van der Waals surface area contributed by atoms with Crippen LogP contribution in [0.25, 0.3) is 0 Å². The Hall–Kier alpha value is -3.29. The molecule has 1 aliphatic heterocycles. The summed E-state index contributed by atoms with van der Waals surface area (Å²) in [4.78, 5) is 25.3. The number of urea groups is 1. The van der Waals surface area contributed by atoms with E-state index in [0.29, 0.717) is 17.0 Å². The molecule has 0 bridgehead atoms. The molecule has 6 nitrogen and oxygen atoms in total. The molecule has 0 aliphatic carbocycles. The molecule has 3 amide bonds. The lowest BCUT2D eigenvalue weighted by Gasteiger charge is -2.24. The number of alkyl halides is 2. The normalized spacial score (nSPS) is 19.8. The van der Waals surface area contributed by atoms with Crippen LogP contribution in [0.15, 0.2) is 59.7 Å². The van der Waals surface area contributed by atoms with Gasteiger partial charge in [0.15, 0.2) is 0 Å². The maximum atomic E-state index is 12.9. The molecule has 8 heteroatoms. The number of para-hydroxylation sites is 1. The van der Waals surface area contributed by atoms with Crippen molar-refractivity contribution in [2.75, 3.05) is 0 Å². The molecule has 1 N–H and O–H groups in total. The fourth-order valence-corrected chi connectivity index (χ4v) is 2.94. The van der Waals surface area contributed by atoms with Crippen LogP contribution in [0.5, 0.6) is 5.75 Å². The summed E-state index contributed by atoms with van der Waals surface area (Å²) in [5, 5.41) is 7.31. The Bertz CT molecular complexity index is 874. The number of nitrogens with zero attached hydrogens (tertiary/aromatic N) is 2. The standard InChI is InChI=1S/C19H17F2N3O3/c1-2-19(14-9-4-3-5-10-14)16(25)24(18(26)23-19)22-12-13-8-6-7-11-15(13)27-17(20)21/h3-12,17H,2H2,1H3,(H,23,26)/b22-12-/t19-/m1/s1. The topological polar surface area (TPSA) is 71.0 Å². The Morgan fingerprint density at radius 2 is 1.81 bits per heavy atom. The van der Waals surface area contributed by atoms with Gasteiger partial charge in [-0.15, -0.1) is 5.01 Å². The van der Waals surface area contributed by atoms with Gasteiger partial charge in [-0.1, -0.05) is 49.4 Å². The third kappa shape index (κ3) is 3.51. The van der Waals surface area contributed by atoms with Crippen LogP contribution in [0.4, 0.5) is 13.6 Å². The fraction of sp³-hybridized carbons (Fsp3) is 0.211. The first-order chi connectivity index (χ1) is 13.0. The van der Waals surface area contributed by atoms with E-state index in [4.69, 9.17) is 0 Å². The lowest BCUT2D eigenvalue weighted by molar-refractivity contribution is -0.131. The van der Waals surface area contributed by atoms with E-state index in [-0.39, 0.29) is 11.3 Å². The smallest absolute Gasteiger partial charge is 0.387 e. The Balaban J connectivity index is 1.90. The highest BCUT2D eigenvalue weighted by molar-refractivity contribution is 6.07. The average molecular weight is 373 g/mol. The zero-order valence-corrected chi connectivity index (χ0v) is 14.4. The average Bonchev–Trinajstić information content (AvgIpc) is 2.92. The van der Waals surface area contributed by atoms with Gasteiger partial charge in [-0.05, 0) is 24.1 Å². The number of imide groups is 1. The highest BCUT2D eigenvalue weighted by Gasteiger charge is 2.51. The number of benzene rings is 2. The minimum atomic E-state index is -3.00. The van der Waals surface area contributed by atoms with Gasteiger partial charge in [-0.3, -0.25) is 4.79 Å². The first kappa shape index (κ1) is 18.5. The van der Waals surface area contributed by atoms with Gasteiger partial charge in [-0.25, -0.2) is 4.79 Å². The summed E-state index contributed by atoms with van der Waals surface area (Å²) in [6.07, 6.45) is 1.48. The number of hydrogen-bond donors (Lipinski definition) is 1. The first-order valence-corrected chi connectivity index (χ1v) is 8.28. The van der Waals surface area contributed by atoms with Crippen molar-refractivity contribution in [3.8, 4) is 5.75 Å². The first-order valence-electron chi connectivity index (χ1n) is 8.28. The molecule has 0 spiro atoms. The minimum absolute atomic E-state index is 0.104. The fourth-order valence-electron chi connectivity index (χ4n) is 2.94. The third-order valence-electron chi connectivity index (χ3n) is 4.31. The summed E-state index contributed by atoms with van der Waals surface area (Å²) >= 11 is 0. The van der Waals surface area contributed by atoms with Crippen LogP contribution in [-0.4, -0.2) is 29.8 Å². The molecule has 1 aliphatic rings. The van der Waals surface area contributed by atoms with Gasteiger partial charge in [0.1, 0.15) is 11.3 Å². The van der Waals surface area contributed by atoms with Crippen LogP contribution in [0, 0.1) is 0 Å². The van der Waals surface area contributed by atoms with Crippen molar-refractivity contribution in [3.63, 3.8) is 0 Å². The van der Waals surface area contributed by atoms with E-state index >= 15 is 0 Å². The van der Waals surface area contributed by atoms with Gasteiger partial charge >= 0.3 is 12.6 Å². The number of nitrogens with one attached hydrogen (secondary N) is 1. The Kier molecular flexibility index (Phi) is 5.16. The summed E-state index contributed by atoms with van der Waals surface area (Å²) in [6, 6.07) is 14.1. The van der Waals surface area contributed by atoms with E-state index in [9.17, 15) is 18.4 Å². The molecule has 1 heterocycles. The highest BCUT2D eigenvalue weighted by Crippen LogP contribution is 2.32. The van der Waals surface area contributed by atoms with E-state index in [1.165, 1.54) is 18.2 Å². The van der Waals surface area contributed by atoms with Gasteiger partial charge in [-0.2, -0.15) is 13.9 Å². The number of hydrazone groups is 1. The maximum Gasteiger partial charge on any atom is 0.387 e. The Morgan fingerprint density at radius 1 is 1.15 bits per heavy atom. The second-order valence-corrected chi connectivity index (χ2v) is 5.83. The Morgan fingerprint density at radius 3 is 2.48 bits per heavy atom. The number of carbonyl (C=O) groups is 2. The SMILES string of the molecule is CC[C@]1(c2ccccc2)NC(=O)N(/N=C\c2ccccc2OC(F)F)C1=O. The molecule has 1 saturated heterocycles. The van der Waals surface area contributed by atoms with Crippen molar-refractivity contribution in [2.24, 2.45) is 5.10 Å². The molecule has 27 heavy (non-hydrogen) atoms. The van der Waals surface area contributed by atoms with Gasteiger partial charge < -0.3 is 10.1 Å². The number of ether oxygens (including phenoxy) is 1. The van der Waals surface area contributed by atoms with Gasteiger partial charge in [0.05, 0.1) is 6.21 Å². The van der Waals surface area contributed by atoms with Gasteiger partial charge in [0, 0.05) is 5.56 Å². The van der Waals surface area contributed by atoms with Crippen LogP contribution in [-0.2, 0) is 10.3 Å². The van der Waals surface area contributed by atoms with Crippen molar-refractivity contribution in [2.45, 2.75) is 25.5 Å². The van der Waals surface area contributed by atoms with E-state index in [1.54, 1.807) is 37.3 Å². The Labute approximate surface area is 154 Å². The van der Waals surface area contributed by atoms with Crippen LogP contribution in [0.2, 0.25) is 0 Å². The second kappa shape index (κ2) is 7.53. The maximum absolute atomic E-state index is 12.9. The van der Waals surface area contributed by atoms with Crippen molar-refractivity contribution < 1.29 is 23.1 Å². The molecule has 3 rings (SSSR count). The molecule has 1 fully saturated rings. The summed E-state index contributed by atoms with van der Waals surface area (Å²) in [7, 11) is 0. The minimum Gasteiger partial charge on any atom is -0.434 e. The number of amides is 3. The van der Waals surface area contributed by atoms with Crippen LogP contribution in [0.3, 0.4) is 0 Å². The van der Waals surface area contributed by atoms with Crippen LogP contribution in [0.1, 0.15) is 24.5 Å². The molecule has 140 valence electrons. The lowest BCUT2D eigenvalue weighted by atomic mass is 9.87. The van der Waals surface area contributed by atoms with E-state index in [2.05, 4.69) is 15.2 Å². The van der Waals surface area contributed by atoms with E-state index < -0.39 is 24.1 Å². The van der Waals surface area contributed by atoms with Crippen LogP contribution >= 0.6 is 0 Å². The predicted octanol–water partition coefficient (Wildman–Crippen LogP) is 3.48. The zero-order chi connectivity index (χ0) is 19.4. The molecule has 0 unspecified atom stereocenters. The van der Waals surface area contributed by atoms with Crippen molar-refractivity contribution in [1.82, 2.24) is 10.3 Å². The monoisotopic (exact) mass is 373 g/mol. The molecular weight excluding hydrogens is 356 g/mol. The lowest BCUT2D eigenvalue weighted by Crippen LogP contribution is -2.43. The van der Waals surface area contributed by atoms with Gasteiger partial charge in [0.2, 0.25) is 0 Å². The predicted molar refractivity (Wildman–Crippen MR) is 94.5 cm³/mol. The number of hydrogen-bond acceptors (Lipinski definition) is 4. The van der Waals surface area contributed by atoms with Crippen molar-refractivity contribution in [3.05, 3.63) is 65.7 Å². The number of rotatable bonds is 6. The summed E-state index contributed by atoms with van der Waals surface area (Å²) < 4.78 is 29.4. The summed E-state index contributed by atoms with van der Waals surface area (Å²) in [5.41, 5.74) is -0.355. The molecule has 0 saturated carbocycles. The molecule has 0 radical (unpaired) electrons. The highest BCUT2D eigenvalue weighted by atomic mass is 19.3.